The van der Waals surface area contributed by atoms with Crippen molar-refractivity contribution in [2.45, 2.75) is 13.0 Å². The highest BCUT2D eigenvalue weighted by Crippen LogP contribution is 2.21. The summed E-state index contributed by atoms with van der Waals surface area (Å²) in [7, 11) is 1.88. The molecule has 0 radical (unpaired) electrons. The van der Waals surface area contributed by atoms with E-state index < -0.39 is 0 Å². The molecule has 0 fully saturated rings. The van der Waals surface area contributed by atoms with E-state index in [9.17, 15) is 5.11 Å². The van der Waals surface area contributed by atoms with E-state index in [0.29, 0.717) is 5.02 Å². The molecule has 0 unspecified atom stereocenters. The Labute approximate surface area is 121 Å². The van der Waals surface area contributed by atoms with Crippen LogP contribution in [0.1, 0.15) is 16.7 Å². The number of hydrogen-bond acceptors (Lipinski definition) is 3. The van der Waals surface area contributed by atoms with Gasteiger partial charge in [-0.25, -0.2) is 4.68 Å². The van der Waals surface area contributed by atoms with E-state index in [2.05, 4.69) is 16.4 Å². The molecule has 1 N–H and O–H groups in total. The highest BCUT2D eigenvalue weighted by Gasteiger charge is 2.07. The molecule has 0 aliphatic carbocycles. The van der Waals surface area contributed by atoms with Crippen LogP contribution in [0.15, 0.2) is 36.4 Å². The fourth-order valence-corrected chi connectivity index (χ4v) is 2.51. The molecule has 0 aliphatic rings. The van der Waals surface area contributed by atoms with Gasteiger partial charge in [0, 0.05) is 12.1 Å². The molecule has 0 atom stereocenters. The van der Waals surface area contributed by atoms with Crippen molar-refractivity contribution in [3.8, 4) is 0 Å². The topological polar surface area (TPSA) is 50.9 Å². The van der Waals surface area contributed by atoms with Crippen LogP contribution in [0, 0.1) is 0 Å². The fraction of sp³-hybridized carbons (Fsp3) is 0.200. The molecule has 3 rings (SSSR count). The lowest BCUT2D eigenvalue weighted by Crippen LogP contribution is -1.96. The summed E-state index contributed by atoms with van der Waals surface area (Å²) in [4.78, 5) is 0. The fourth-order valence-electron chi connectivity index (χ4n) is 2.32. The van der Waals surface area contributed by atoms with Crippen LogP contribution in [0.2, 0.25) is 5.02 Å². The van der Waals surface area contributed by atoms with Gasteiger partial charge in [-0.15, -0.1) is 5.10 Å². The number of aryl methyl sites for hydroxylation is 1. The Bertz CT molecular complexity index is 767. The number of aliphatic hydroxyl groups excluding tert-OH is 1. The highest BCUT2D eigenvalue weighted by atomic mass is 35.5. The minimum Gasteiger partial charge on any atom is -0.392 e. The van der Waals surface area contributed by atoms with Gasteiger partial charge in [-0.2, -0.15) is 0 Å². The third kappa shape index (κ3) is 2.40. The Morgan fingerprint density at radius 1 is 1.15 bits per heavy atom. The Hall–Kier alpha value is -1.91. The second-order valence-electron chi connectivity index (χ2n) is 4.78. The number of rotatable bonds is 3. The van der Waals surface area contributed by atoms with Gasteiger partial charge in [-0.05, 0) is 47.4 Å². The van der Waals surface area contributed by atoms with Gasteiger partial charge in [0.25, 0.3) is 0 Å². The Kier molecular flexibility index (Phi) is 3.42. The van der Waals surface area contributed by atoms with Crippen molar-refractivity contribution in [1.29, 1.82) is 0 Å². The van der Waals surface area contributed by atoms with Crippen molar-refractivity contribution < 1.29 is 5.11 Å². The van der Waals surface area contributed by atoms with Crippen LogP contribution in [-0.2, 0) is 20.1 Å². The number of benzene rings is 2. The maximum atomic E-state index is 9.42. The molecule has 0 amide bonds. The molecule has 1 aromatic heterocycles. The number of halogens is 1. The molecule has 1 heterocycles. The van der Waals surface area contributed by atoms with Crippen molar-refractivity contribution in [1.82, 2.24) is 15.0 Å². The van der Waals surface area contributed by atoms with Gasteiger partial charge < -0.3 is 5.11 Å². The van der Waals surface area contributed by atoms with E-state index in [1.54, 1.807) is 10.7 Å². The van der Waals surface area contributed by atoms with Gasteiger partial charge in [-0.1, -0.05) is 28.9 Å². The summed E-state index contributed by atoms with van der Waals surface area (Å²) in [6.45, 7) is -0.00853. The summed E-state index contributed by atoms with van der Waals surface area (Å²) in [6, 6.07) is 11.7. The van der Waals surface area contributed by atoms with Crippen LogP contribution in [0.5, 0.6) is 0 Å². The molecular weight excluding hydrogens is 274 g/mol. The molecule has 5 heteroatoms. The Balaban J connectivity index is 1.98. The maximum Gasteiger partial charge on any atom is 0.113 e. The quantitative estimate of drug-likeness (QED) is 0.806. The molecule has 102 valence electrons. The van der Waals surface area contributed by atoms with Gasteiger partial charge in [0.05, 0.1) is 12.1 Å². The van der Waals surface area contributed by atoms with Crippen LogP contribution in [0.3, 0.4) is 0 Å². The number of fused-ring (bicyclic) bond motifs is 1. The van der Waals surface area contributed by atoms with Crippen molar-refractivity contribution >= 4 is 22.6 Å². The molecule has 20 heavy (non-hydrogen) atoms. The summed E-state index contributed by atoms with van der Waals surface area (Å²) in [5, 5.41) is 18.1. The second-order valence-corrected chi connectivity index (χ2v) is 5.22. The predicted octanol–water partition coefficient (Wildman–Crippen LogP) is 2.70. The van der Waals surface area contributed by atoms with Crippen LogP contribution in [0.25, 0.3) is 11.0 Å². The summed E-state index contributed by atoms with van der Waals surface area (Å²) in [5.41, 5.74) is 4.98. The number of hydrogen-bond donors (Lipinski definition) is 1. The molecular formula is C15H14ClN3O. The minimum atomic E-state index is -0.00853. The minimum absolute atomic E-state index is 0.00853. The predicted molar refractivity (Wildman–Crippen MR) is 78.7 cm³/mol. The normalized spacial score (nSPS) is 11.2. The smallest absolute Gasteiger partial charge is 0.113 e. The van der Waals surface area contributed by atoms with Crippen LogP contribution >= 0.6 is 11.6 Å². The standard InChI is InChI=1S/C15H14ClN3O/c1-19-15-7-10(2-5-14(15)17-18-19)6-11-3-4-13(16)8-12(11)9-20/h2-5,7-8,20H,6,9H2,1H3. The molecule has 2 aromatic carbocycles. The number of aromatic nitrogens is 3. The zero-order chi connectivity index (χ0) is 14.1. The summed E-state index contributed by atoms with van der Waals surface area (Å²) >= 11 is 5.95. The van der Waals surface area contributed by atoms with Gasteiger partial charge >= 0.3 is 0 Å². The van der Waals surface area contributed by atoms with Crippen molar-refractivity contribution in [3.63, 3.8) is 0 Å². The van der Waals surface area contributed by atoms with E-state index in [1.807, 2.05) is 31.3 Å². The molecule has 0 bridgehead atoms. The summed E-state index contributed by atoms with van der Waals surface area (Å²) in [5.74, 6) is 0. The van der Waals surface area contributed by atoms with Crippen LogP contribution in [-0.4, -0.2) is 20.1 Å². The molecule has 0 saturated heterocycles. The lowest BCUT2D eigenvalue weighted by molar-refractivity contribution is 0.281. The third-order valence-corrected chi connectivity index (χ3v) is 3.64. The first-order chi connectivity index (χ1) is 9.67. The van der Waals surface area contributed by atoms with E-state index >= 15 is 0 Å². The Morgan fingerprint density at radius 2 is 2.00 bits per heavy atom. The van der Waals surface area contributed by atoms with Crippen molar-refractivity contribution in [2.24, 2.45) is 7.05 Å². The number of aliphatic hydroxyl groups is 1. The van der Waals surface area contributed by atoms with Crippen molar-refractivity contribution in [3.05, 3.63) is 58.1 Å². The average Bonchev–Trinajstić information content (AvgIpc) is 2.82. The maximum absolute atomic E-state index is 9.42. The lowest BCUT2D eigenvalue weighted by Gasteiger charge is -2.08. The lowest BCUT2D eigenvalue weighted by atomic mass is 10.00. The molecule has 3 aromatic rings. The Morgan fingerprint density at radius 3 is 2.80 bits per heavy atom. The van der Waals surface area contributed by atoms with Gasteiger partial charge in [0.1, 0.15) is 5.52 Å². The van der Waals surface area contributed by atoms with E-state index in [4.69, 9.17) is 11.6 Å². The molecule has 0 spiro atoms. The first kappa shape index (κ1) is 13.1. The highest BCUT2D eigenvalue weighted by molar-refractivity contribution is 6.30. The van der Waals surface area contributed by atoms with Gasteiger partial charge in [0.15, 0.2) is 0 Å². The van der Waals surface area contributed by atoms with E-state index in [1.165, 1.54) is 0 Å². The van der Waals surface area contributed by atoms with Crippen molar-refractivity contribution in [2.75, 3.05) is 0 Å². The number of nitrogens with zero attached hydrogens (tertiary/aromatic N) is 3. The van der Waals surface area contributed by atoms with E-state index in [-0.39, 0.29) is 6.61 Å². The third-order valence-electron chi connectivity index (χ3n) is 3.41. The monoisotopic (exact) mass is 287 g/mol. The van der Waals surface area contributed by atoms with Crippen LogP contribution < -0.4 is 0 Å². The SMILES string of the molecule is Cn1nnc2ccc(Cc3ccc(Cl)cc3CO)cc21. The molecule has 0 saturated carbocycles. The van der Waals surface area contributed by atoms with E-state index in [0.717, 1.165) is 34.1 Å². The molecule has 4 nitrogen and oxygen atoms in total. The second kappa shape index (κ2) is 5.23. The summed E-state index contributed by atoms with van der Waals surface area (Å²) in [6.07, 6.45) is 0.744. The summed E-state index contributed by atoms with van der Waals surface area (Å²) < 4.78 is 1.76. The molecule has 0 aliphatic heterocycles. The largest absolute Gasteiger partial charge is 0.392 e. The average molecular weight is 288 g/mol. The first-order valence-corrected chi connectivity index (χ1v) is 6.71. The van der Waals surface area contributed by atoms with Crippen LogP contribution in [0.4, 0.5) is 0 Å². The van der Waals surface area contributed by atoms with Gasteiger partial charge in [0.2, 0.25) is 0 Å². The first-order valence-electron chi connectivity index (χ1n) is 6.34. The zero-order valence-corrected chi connectivity index (χ0v) is 11.8. The zero-order valence-electron chi connectivity index (χ0n) is 11.0. The van der Waals surface area contributed by atoms with Gasteiger partial charge in [-0.3, -0.25) is 0 Å².